The van der Waals surface area contributed by atoms with Gasteiger partial charge in [0.1, 0.15) is 5.82 Å². The molecule has 0 saturated carbocycles. The van der Waals surface area contributed by atoms with Crippen LogP contribution in [0.2, 0.25) is 0 Å². The van der Waals surface area contributed by atoms with Crippen molar-refractivity contribution < 1.29 is 9.18 Å². The average Bonchev–Trinajstić information content (AvgIpc) is 2.88. The number of halogens is 2. The van der Waals surface area contributed by atoms with Crippen LogP contribution >= 0.6 is 12.4 Å². The van der Waals surface area contributed by atoms with Crippen molar-refractivity contribution in [1.82, 2.24) is 14.7 Å². The van der Waals surface area contributed by atoms with E-state index in [0.717, 1.165) is 55.1 Å². The molecule has 7 heteroatoms. The highest BCUT2D eigenvalue weighted by Gasteiger charge is 2.27. The number of amides is 1. The number of piperazine rings is 1. The van der Waals surface area contributed by atoms with Crippen molar-refractivity contribution in [3.63, 3.8) is 0 Å². The third-order valence-electron chi connectivity index (χ3n) is 6.84. The molecule has 1 heterocycles. The van der Waals surface area contributed by atoms with E-state index in [1.54, 1.807) is 0 Å². The lowest BCUT2D eigenvalue weighted by atomic mass is 9.95. The topological polar surface area (TPSA) is 52.8 Å². The van der Waals surface area contributed by atoms with E-state index < -0.39 is 0 Å². The molecule has 0 unspecified atom stereocenters. The van der Waals surface area contributed by atoms with Crippen molar-refractivity contribution in [2.75, 3.05) is 45.0 Å². The first-order chi connectivity index (χ1) is 17.0. The maximum Gasteiger partial charge on any atom is 0.253 e. The molecule has 4 rings (SSSR count). The first kappa shape index (κ1) is 27.7. The van der Waals surface area contributed by atoms with Gasteiger partial charge in [0.2, 0.25) is 0 Å². The molecule has 2 N–H and O–H groups in total. The van der Waals surface area contributed by atoms with Gasteiger partial charge in [0.15, 0.2) is 0 Å². The number of nitrogens with zero attached hydrogens (tertiary/aromatic N) is 3. The minimum atomic E-state index is -0.201. The molecule has 1 amide bonds. The van der Waals surface area contributed by atoms with Crippen LogP contribution in [0.4, 0.5) is 10.1 Å². The minimum Gasteiger partial charge on any atom is -0.399 e. The summed E-state index contributed by atoms with van der Waals surface area (Å²) >= 11 is 0. The van der Waals surface area contributed by atoms with Crippen LogP contribution in [-0.4, -0.2) is 59.9 Å². The lowest BCUT2D eigenvalue weighted by molar-refractivity contribution is 0.0773. The van der Waals surface area contributed by atoms with E-state index in [0.29, 0.717) is 18.7 Å². The fraction of sp³-hybridized carbons (Fsp3) is 0.345. The Morgan fingerprint density at radius 2 is 1.56 bits per heavy atom. The van der Waals surface area contributed by atoms with E-state index in [1.807, 2.05) is 61.2 Å². The number of nitrogens with two attached hydrogens (primary N) is 1. The van der Waals surface area contributed by atoms with Crippen molar-refractivity contribution >= 4 is 24.0 Å². The van der Waals surface area contributed by atoms with E-state index in [4.69, 9.17) is 5.73 Å². The third-order valence-corrected chi connectivity index (χ3v) is 6.84. The molecule has 1 atom stereocenters. The molecule has 0 bridgehead atoms. The molecule has 5 nitrogen and oxygen atoms in total. The van der Waals surface area contributed by atoms with E-state index >= 15 is 0 Å². The lowest BCUT2D eigenvalue weighted by Gasteiger charge is -2.40. The molecule has 192 valence electrons. The van der Waals surface area contributed by atoms with E-state index in [2.05, 4.69) is 28.0 Å². The SMILES string of the molecule is CCN(CC)C(=O)c1ccc([C@H](c2cccc(N)c2)N2CCN(Cc3ccc(F)cc3)CC2)cc1.Cl. The molecule has 0 aliphatic carbocycles. The standard InChI is InChI=1S/C29H35FN4O.ClH/c1-3-33(4-2)29(35)24-12-10-23(11-13-24)28(25-6-5-7-27(31)20-25)34-18-16-32(17-19-34)21-22-8-14-26(30)15-9-22;/h5-15,20,28H,3-4,16-19,21,31H2,1-2H3;1H/t28-;/m1./s1. The summed E-state index contributed by atoms with van der Waals surface area (Å²) in [4.78, 5) is 19.5. The average molecular weight is 511 g/mol. The number of hydrogen-bond acceptors (Lipinski definition) is 4. The fourth-order valence-corrected chi connectivity index (χ4v) is 4.87. The van der Waals surface area contributed by atoms with Crippen LogP contribution in [0.5, 0.6) is 0 Å². The summed E-state index contributed by atoms with van der Waals surface area (Å²) in [6.07, 6.45) is 0. The number of rotatable bonds is 8. The number of carbonyl (C=O) groups excluding carboxylic acids is 1. The monoisotopic (exact) mass is 510 g/mol. The van der Waals surface area contributed by atoms with Crippen LogP contribution in [-0.2, 0) is 6.54 Å². The number of hydrogen-bond donors (Lipinski definition) is 1. The second kappa shape index (κ2) is 12.9. The highest BCUT2D eigenvalue weighted by atomic mass is 35.5. The van der Waals surface area contributed by atoms with E-state index in [9.17, 15) is 9.18 Å². The molecule has 1 aliphatic rings. The van der Waals surface area contributed by atoms with Gasteiger partial charge >= 0.3 is 0 Å². The molecule has 3 aromatic carbocycles. The summed E-state index contributed by atoms with van der Waals surface area (Å²) in [6.45, 7) is 9.88. The lowest BCUT2D eigenvalue weighted by Crippen LogP contribution is -2.47. The zero-order valence-corrected chi connectivity index (χ0v) is 21.9. The van der Waals surface area contributed by atoms with E-state index in [1.165, 1.54) is 12.1 Å². The second-order valence-corrected chi connectivity index (χ2v) is 9.11. The predicted octanol–water partition coefficient (Wildman–Crippen LogP) is 5.22. The first-order valence-electron chi connectivity index (χ1n) is 12.4. The summed E-state index contributed by atoms with van der Waals surface area (Å²) in [6, 6.07) is 23.0. The Balaban J connectivity index is 0.00000361. The van der Waals surface area contributed by atoms with Crippen LogP contribution in [0.15, 0.2) is 72.8 Å². The Labute approximate surface area is 220 Å². The van der Waals surface area contributed by atoms with Gasteiger partial charge in [-0.2, -0.15) is 0 Å². The van der Waals surface area contributed by atoms with Gasteiger partial charge in [-0.25, -0.2) is 4.39 Å². The Morgan fingerprint density at radius 3 is 2.14 bits per heavy atom. The largest absolute Gasteiger partial charge is 0.399 e. The smallest absolute Gasteiger partial charge is 0.253 e. The molecule has 3 aromatic rings. The summed E-state index contributed by atoms with van der Waals surface area (Å²) in [5.74, 6) is -0.134. The molecule has 36 heavy (non-hydrogen) atoms. The van der Waals surface area contributed by atoms with Crippen molar-refractivity contribution in [3.05, 3.63) is 101 Å². The Bertz CT molecular complexity index is 1110. The van der Waals surface area contributed by atoms with Gasteiger partial charge < -0.3 is 10.6 Å². The molecule has 1 aliphatic heterocycles. The predicted molar refractivity (Wildman–Crippen MR) is 147 cm³/mol. The van der Waals surface area contributed by atoms with Gasteiger partial charge in [-0.15, -0.1) is 12.4 Å². The van der Waals surface area contributed by atoms with Crippen molar-refractivity contribution in [3.8, 4) is 0 Å². The molecule has 1 saturated heterocycles. The Hall–Kier alpha value is -2.93. The molecule has 0 aromatic heterocycles. The van der Waals surface area contributed by atoms with Crippen molar-refractivity contribution in [2.24, 2.45) is 0 Å². The van der Waals surface area contributed by atoms with Gasteiger partial charge in [0.05, 0.1) is 6.04 Å². The zero-order chi connectivity index (χ0) is 24.8. The highest BCUT2D eigenvalue weighted by molar-refractivity contribution is 5.94. The third kappa shape index (κ3) is 6.64. The molecule has 1 fully saturated rings. The summed E-state index contributed by atoms with van der Waals surface area (Å²) in [5, 5.41) is 0. The highest BCUT2D eigenvalue weighted by Crippen LogP contribution is 2.31. The second-order valence-electron chi connectivity index (χ2n) is 9.11. The summed E-state index contributed by atoms with van der Waals surface area (Å²) in [5.41, 5.74) is 11.0. The van der Waals surface area contributed by atoms with Crippen LogP contribution < -0.4 is 5.73 Å². The van der Waals surface area contributed by atoms with Gasteiger partial charge in [0.25, 0.3) is 5.91 Å². The fourth-order valence-electron chi connectivity index (χ4n) is 4.87. The zero-order valence-electron chi connectivity index (χ0n) is 21.1. The maximum atomic E-state index is 13.3. The van der Waals surface area contributed by atoms with Crippen LogP contribution in [0, 0.1) is 5.82 Å². The van der Waals surface area contributed by atoms with Gasteiger partial charge in [-0.3, -0.25) is 14.6 Å². The minimum absolute atomic E-state index is 0. The van der Waals surface area contributed by atoms with Crippen LogP contribution in [0.25, 0.3) is 0 Å². The molecule has 0 radical (unpaired) electrons. The number of anilines is 1. The molecular formula is C29H36ClFN4O. The van der Waals surface area contributed by atoms with E-state index in [-0.39, 0.29) is 30.2 Å². The molecule has 0 spiro atoms. The number of nitrogen functional groups attached to an aromatic ring is 1. The first-order valence-corrected chi connectivity index (χ1v) is 12.4. The van der Waals surface area contributed by atoms with Gasteiger partial charge in [-0.05, 0) is 66.9 Å². The Kier molecular flexibility index (Phi) is 9.88. The van der Waals surface area contributed by atoms with Crippen molar-refractivity contribution in [1.29, 1.82) is 0 Å². The molecular weight excluding hydrogens is 475 g/mol. The maximum absolute atomic E-state index is 13.3. The quantitative estimate of drug-likeness (QED) is 0.422. The van der Waals surface area contributed by atoms with Crippen molar-refractivity contribution in [2.45, 2.75) is 26.4 Å². The summed E-state index contributed by atoms with van der Waals surface area (Å²) < 4.78 is 13.3. The number of benzene rings is 3. The van der Waals surface area contributed by atoms with Crippen LogP contribution in [0.1, 0.15) is 46.9 Å². The number of carbonyl (C=O) groups is 1. The Morgan fingerprint density at radius 1 is 0.917 bits per heavy atom. The summed E-state index contributed by atoms with van der Waals surface area (Å²) in [7, 11) is 0. The van der Waals surface area contributed by atoms with Crippen LogP contribution in [0.3, 0.4) is 0 Å². The van der Waals surface area contributed by atoms with Gasteiger partial charge in [-0.1, -0.05) is 36.4 Å². The normalized spacial score (nSPS) is 15.2. The van der Waals surface area contributed by atoms with Gasteiger partial charge in [0, 0.05) is 57.1 Å².